The molecule has 4 nitrogen and oxygen atoms in total. The van der Waals surface area contributed by atoms with Gasteiger partial charge in [-0.3, -0.25) is 4.79 Å². The minimum Gasteiger partial charge on any atom is -0.397 e. The van der Waals surface area contributed by atoms with Crippen LogP contribution in [-0.2, 0) is 4.79 Å². The van der Waals surface area contributed by atoms with Crippen LogP contribution >= 0.6 is 0 Å². The van der Waals surface area contributed by atoms with Crippen molar-refractivity contribution < 1.29 is 4.79 Å². The Morgan fingerprint density at radius 1 is 1.31 bits per heavy atom. The van der Waals surface area contributed by atoms with Crippen molar-refractivity contribution in [2.24, 2.45) is 0 Å². The second kappa shape index (κ2) is 4.88. The Morgan fingerprint density at radius 2 is 1.94 bits per heavy atom. The van der Waals surface area contributed by atoms with Gasteiger partial charge in [0.2, 0.25) is 5.91 Å². The van der Waals surface area contributed by atoms with Crippen LogP contribution in [0.5, 0.6) is 0 Å². The molecule has 16 heavy (non-hydrogen) atoms. The number of para-hydroxylation sites is 1. The summed E-state index contributed by atoms with van der Waals surface area (Å²) < 4.78 is 0. The predicted octanol–water partition coefficient (Wildman–Crippen LogP) is 1.10. The van der Waals surface area contributed by atoms with E-state index in [-0.39, 0.29) is 5.91 Å². The van der Waals surface area contributed by atoms with Crippen molar-refractivity contribution in [3.05, 3.63) is 23.8 Å². The molecule has 1 aromatic carbocycles. The van der Waals surface area contributed by atoms with Crippen molar-refractivity contribution in [1.29, 1.82) is 0 Å². The standard InChI is InChI=1S/C12H19N3O/c1-9-6-5-7-10(13)12(9)15(4)8-11(16)14(2)3/h5-7H,8,13H2,1-4H3. The molecule has 4 heteroatoms. The Labute approximate surface area is 96.6 Å². The number of carbonyl (C=O) groups excluding carboxylic acids is 1. The summed E-state index contributed by atoms with van der Waals surface area (Å²) in [5.41, 5.74) is 8.62. The molecular formula is C12H19N3O. The summed E-state index contributed by atoms with van der Waals surface area (Å²) in [6, 6.07) is 5.75. The van der Waals surface area contributed by atoms with E-state index in [4.69, 9.17) is 5.73 Å². The molecule has 2 N–H and O–H groups in total. The van der Waals surface area contributed by atoms with E-state index in [0.29, 0.717) is 12.2 Å². The molecule has 0 radical (unpaired) electrons. The fraction of sp³-hybridized carbons (Fsp3) is 0.417. The molecule has 0 aliphatic carbocycles. The van der Waals surface area contributed by atoms with Crippen molar-refractivity contribution in [2.75, 3.05) is 38.3 Å². The van der Waals surface area contributed by atoms with Gasteiger partial charge in [0, 0.05) is 21.1 Å². The predicted molar refractivity (Wildman–Crippen MR) is 67.6 cm³/mol. The normalized spacial score (nSPS) is 10.0. The molecule has 0 atom stereocenters. The summed E-state index contributed by atoms with van der Waals surface area (Å²) in [7, 11) is 5.37. The lowest BCUT2D eigenvalue weighted by Crippen LogP contribution is -2.34. The first-order chi connectivity index (χ1) is 7.43. The first-order valence-corrected chi connectivity index (χ1v) is 5.20. The van der Waals surface area contributed by atoms with Crippen LogP contribution in [0.1, 0.15) is 5.56 Å². The third-order valence-corrected chi connectivity index (χ3v) is 2.52. The van der Waals surface area contributed by atoms with E-state index in [9.17, 15) is 4.79 Å². The Kier molecular flexibility index (Phi) is 3.77. The molecule has 0 aliphatic rings. The van der Waals surface area contributed by atoms with Crippen LogP contribution in [0, 0.1) is 6.92 Å². The number of nitrogen functional groups attached to an aromatic ring is 1. The van der Waals surface area contributed by atoms with Gasteiger partial charge in [-0.05, 0) is 18.6 Å². The van der Waals surface area contributed by atoms with Crippen LogP contribution in [0.3, 0.4) is 0 Å². The van der Waals surface area contributed by atoms with E-state index in [0.717, 1.165) is 11.3 Å². The Morgan fingerprint density at radius 3 is 2.44 bits per heavy atom. The molecule has 0 aromatic heterocycles. The number of nitrogens with two attached hydrogens (primary N) is 1. The lowest BCUT2D eigenvalue weighted by molar-refractivity contribution is -0.127. The molecule has 88 valence electrons. The number of anilines is 2. The zero-order valence-electron chi connectivity index (χ0n) is 10.3. The van der Waals surface area contributed by atoms with E-state index in [1.165, 1.54) is 0 Å². The lowest BCUT2D eigenvalue weighted by atomic mass is 10.1. The number of nitrogens with zero attached hydrogens (tertiary/aromatic N) is 2. The van der Waals surface area contributed by atoms with Crippen molar-refractivity contribution in [3.8, 4) is 0 Å². The van der Waals surface area contributed by atoms with E-state index >= 15 is 0 Å². The lowest BCUT2D eigenvalue weighted by Gasteiger charge is -2.24. The second-order valence-electron chi connectivity index (χ2n) is 4.16. The largest absolute Gasteiger partial charge is 0.397 e. The van der Waals surface area contributed by atoms with Crippen molar-refractivity contribution >= 4 is 17.3 Å². The highest BCUT2D eigenvalue weighted by molar-refractivity contribution is 5.83. The minimum absolute atomic E-state index is 0.0603. The monoisotopic (exact) mass is 221 g/mol. The van der Waals surface area contributed by atoms with Crippen LogP contribution in [0.2, 0.25) is 0 Å². The zero-order chi connectivity index (χ0) is 12.3. The smallest absolute Gasteiger partial charge is 0.241 e. The Hall–Kier alpha value is -1.71. The van der Waals surface area contributed by atoms with Crippen LogP contribution in [0.25, 0.3) is 0 Å². The van der Waals surface area contributed by atoms with Crippen LogP contribution in [-0.4, -0.2) is 38.5 Å². The molecule has 0 saturated carbocycles. The van der Waals surface area contributed by atoms with Crippen LogP contribution in [0.15, 0.2) is 18.2 Å². The number of benzene rings is 1. The van der Waals surface area contributed by atoms with Crippen LogP contribution < -0.4 is 10.6 Å². The number of aryl methyl sites for hydroxylation is 1. The summed E-state index contributed by atoms with van der Waals surface area (Å²) >= 11 is 0. The van der Waals surface area contributed by atoms with E-state index in [1.54, 1.807) is 19.0 Å². The van der Waals surface area contributed by atoms with Gasteiger partial charge in [0.25, 0.3) is 0 Å². The van der Waals surface area contributed by atoms with Gasteiger partial charge in [-0.15, -0.1) is 0 Å². The summed E-state index contributed by atoms with van der Waals surface area (Å²) in [6.07, 6.45) is 0. The third-order valence-electron chi connectivity index (χ3n) is 2.52. The summed E-state index contributed by atoms with van der Waals surface area (Å²) in [4.78, 5) is 15.0. The van der Waals surface area contributed by atoms with Gasteiger partial charge >= 0.3 is 0 Å². The topological polar surface area (TPSA) is 49.6 Å². The molecule has 1 rings (SSSR count). The first kappa shape index (κ1) is 12.4. The molecule has 1 amide bonds. The molecule has 0 spiro atoms. The van der Waals surface area contributed by atoms with Gasteiger partial charge in [-0.25, -0.2) is 0 Å². The maximum atomic E-state index is 11.6. The molecule has 0 bridgehead atoms. The Bertz CT molecular complexity index is 368. The number of hydrogen-bond donors (Lipinski definition) is 1. The van der Waals surface area contributed by atoms with Gasteiger partial charge in [0.15, 0.2) is 0 Å². The van der Waals surface area contributed by atoms with Gasteiger partial charge in [0.05, 0.1) is 17.9 Å². The van der Waals surface area contributed by atoms with E-state index in [2.05, 4.69) is 0 Å². The van der Waals surface area contributed by atoms with Gasteiger partial charge in [-0.2, -0.15) is 0 Å². The number of amides is 1. The van der Waals surface area contributed by atoms with E-state index < -0.39 is 0 Å². The van der Waals surface area contributed by atoms with Crippen molar-refractivity contribution in [3.63, 3.8) is 0 Å². The molecule has 0 unspecified atom stereocenters. The highest BCUT2D eigenvalue weighted by Gasteiger charge is 2.12. The molecule has 0 heterocycles. The molecule has 0 aliphatic heterocycles. The SMILES string of the molecule is Cc1cccc(N)c1N(C)CC(=O)N(C)C. The number of hydrogen-bond acceptors (Lipinski definition) is 3. The molecular weight excluding hydrogens is 202 g/mol. The van der Waals surface area contributed by atoms with E-state index in [1.807, 2.05) is 37.1 Å². The quantitative estimate of drug-likeness (QED) is 0.778. The average molecular weight is 221 g/mol. The minimum atomic E-state index is 0.0603. The zero-order valence-corrected chi connectivity index (χ0v) is 10.3. The highest BCUT2D eigenvalue weighted by Crippen LogP contribution is 2.25. The van der Waals surface area contributed by atoms with Crippen molar-refractivity contribution in [1.82, 2.24) is 4.90 Å². The summed E-state index contributed by atoms with van der Waals surface area (Å²) in [6.45, 7) is 2.32. The Balaban J connectivity index is 2.88. The van der Waals surface area contributed by atoms with Gasteiger partial charge in [0.1, 0.15) is 0 Å². The average Bonchev–Trinajstić information content (AvgIpc) is 2.16. The molecule has 0 fully saturated rings. The maximum Gasteiger partial charge on any atom is 0.241 e. The first-order valence-electron chi connectivity index (χ1n) is 5.20. The molecule has 1 aromatic rings. The number of likely N-dealkylation sites (N-methyl/N-ethyl adjacent to an activating group) is 2. The number of carbonyl (C=O) groups is 1. The summed E-state index contributed by atoms with van der Waals surface area (Å²) in [5.74, 6) is 0.0603. The van der Waals surface area contributed by atoms with Crippen LogP contribution in [0.4, 0.5) is 11.4 Å². The second-order valence-corrected chi connectivity index (χ2v) is 4.16. The number of rotatable bonds is 3. The third kappa shape index (κ3) is 2.66. The maximum absolute atomic E-state index is 11.6. The fourth-order valence-electron chi connectivity index (χ4n) is 1.63. The molecule has 0 saturated heterocycles. The van der Waals surface area contributed by atoms with Gasteiger partial charge in [-0.1, -0.05) is 12.1 Å². The van der Waals surface area contributed by atoms with Crippen molar-refractivity contribution in [2.45, 2.75) is 6.92 Å². The van der Waals surface area contributed by atoms with Gasteiger partial charge < -0.3 is 15.5 Å². The fourth-order valence-corrected chi connectivity index (χ4v) is 1.63. The summed E-state index contributed by atoms with van der Waals surface area (Å²) in [5, 5.41) is 0. The highest BCUT2D eigenvalue weighted by atomic mass is 16.2.